The maximum Gasteiger partial charge on any atom is 0.0720 e. The molecule has 0 bridgehead atoms. The first kappa shape index (κ1) is 26.1. The van der Waals surface area contributed by atoms with Crippen molar-refractivity contribution in [1.82, 2.24) is 14.8 Å². The standard InChI is InChI=1S/C26H43ClN4/c1-5-30(6-2)19-10-9-12-22(28)13-11-14-26(31(7-3)8-4)24-17-18-29-25-20-21(27)15-16-23(24)25/h15-18,20,22,26H,5-14,19,28H2,1-4H3. The number of halogens is 1. The number of nitrogens with zero attached hydrogens (tertiary/aromatic N) is 3. The highest BCUT2D eigenvalue weighted by atomic mass is 35.5. The van der Waals surface area contributed by atoms with Crippen molar-refractivity contribution in [2.45, 2.75) is 78.3 Å². The predicted molar refractivity (Wildman–Crippen MR) is 136 cm³/mol. The lowest BCUT2D eigenvalue weighted by atomic mass is 9.94. The van der Waals surface area contributed by atoms with Crippen molar-refractivity contribution < 1.29 is 0 Å². The number of pyridine rings is 1. The molecule has 1 aromatic carbocycles. The third kappa shape index (κ3) is 8.02. The van der Waals surface area contributed by atoms with Crippen molar-refractivity contribution in [2.24, 2.45) is 5.73 Å². The smallest absolute Gasteiger partial charge is 0.0720 e. The Morgan fingerprint density at radius 3 is 2.29 bits per heavy atom. The van der Waals surface area contributed by atoms with E-state index < -0.39 is 0 Å². The molecule has 0 fully saturated rings. The zero-order valence-corrected chi connectivity index (χ0v) is 20.9. The molecule has 2 N–H and O–H groups in total. The van der Waals surface area contributed by atoms with Crippen molar-refractivity contribution in [3.63, 3.8) is 0 Å². The molecule has 0 aliphatic heterocycles. The molecule has 31 heavy (non-hydrogen) atoms. The number of hydrogen-bond acceptors (Lipinski definition) is 4. The zero-order chi connectivity index (χ0) is 22.6. The second-order valence-corrected chi connectivity index (χ2v) is 8.95. The van der Waals surface area contributed by atoms with Gasteiger partial charge < -0.3 is 10.6 Å². The van der Waals surface area contributed by atoms with E-state index in [4.69, 9.17) is 17.3 Å². The van der Waals surface area contributed by atoms with E-state index in [1.807, 2.05) is 18.3 Å². The van der Waals surface area contributed by atoms with Crippen LogP contribution < -0.4 is 5.73 Å². The van der Waals surface area contributed by atoms with Gasteiger partial charge in [0.25, 0.3) is 0 Å². The Bertz CT molecular complexity index is 758. The van der Waals surface area contributed by atoms with Crippen molar-refractivity contribution in [1.29, 1.82) is 0 Å². The molecular weight excluding hydrogens is 404 g/mol. The molecule has 0 aliphatic carbocycles. The minimum atomic E-state index is 0.307. The Balaban J connectivity index is 1.96. The minimum absolute atomic E-state index is 0.307. The first-order valence-electron chi connectivity index (χ1n) is 12.3. The third-order valence-corrected chi connectivity index (χ3v) is 6.83. The molecule has 2 aromatic rings. The third-order valence-electron chi connectivity index (χ3n) is 6.60. The van der Waals surface area contributed by atoms with Crippen LogP contribution >= 0.6 is 11.6 Å². The molecule has 1 heterocycles. The van der Waals surface area contributed by atoms with Crippen LogP contribution in [0.15, 0.2) is 30.5 Å². The van der Waals surface area contributed by atoms with Crippen LogP contribution in [-0.4, -0.2) is 53.5 Å². The van der Waals surface area contributed by atoms with Crippen LogP contribution in [0.1, 0.15) is 77.8 Å². The summed E-state index contributed by atoms with van der Waals surface area (Å²) in [6.07, 6.45) is 8.90. The summed E-state index contributed by atoms with van der Waals surface area (Å²) in [6.45, 7) is 14.5. The fourth-order valence-electron chi connectivity index (χ4n) is 4.63. The fraction of sp³-hybridized carbons (Fsp3) is 0.654. The van der Waals surface area contributed by atoms with Crippen molar-refractivity contribution in [2.75, 3.05) is 32.7 Å². The molecule has 0 saturated carbocycles. The first-order chi connectivity index (χ1) is 15.0. The van der Waals surface area contributed by atoms with Gasteiger partial charge in [-0.15, -0.1) is 0 Å². The van der Waals surface area contributed by atoms with Gasteiger partial charge in [0.15, 0.2) is 0 Å². The van der Waals surface area contributed by atoms with Gasteiger partial charge in [0.1, 0.15) is 0 Å². The Hall–Kier alpha value is -1.20. The summed E-state index contributed by atoms with van der Waals surface area (Å²) in [5.74, 6) is 0. The largest absolute Gasteiger partial charge is 0.328 e. The van der Waals surface area contributed by atoms with Crippen molar-refractivity contribution in [3.8, 4) is 0 Å². The van der Waals surface area contributed by atoms with Crippen LogP contribution in [0.25, 0.3) is 10.9 Å². The second-order valence-electron chi connectivity index (χ2n) is 8.51. The minimum Gasteiger partial charge on any atom is -0.328 e. The van der Waals surface area contributed by atoms with E-state index in [1.165, 1.54) is 30.3 Å². The van der Waals surface area contributed by atoms with Crippen LogP contribution in [0.5, 0.6) is 0 Å². The summed E-state index contributed by atoms with van der Waals surface area (Å²) in [5, 5.41) is 1.95. The topological polar surface area (TPSA) is 45.4 Å². The second kappa shape index (κ2) is 14.1. The number of aromatic nitrogens is 1. The van der Waals surface area contributed by atoms with Gasteiger partial charge in [-0.1, -0.05) is 58.2 Å². The molecule has 1 aromatic heterocycles. The van der Waals surface area contributed by atoms with E-state index in [1.54, 1.807) is 0 Å². The number of hydrogen-bond donors (Lipinski definition) is 1. The Morgan fingerprint density at radius 2 is 1.61 bits per heavy atom. The molecule has 0 spiro atoms. The molecule has 2 rings (SSSR count). The summed E-state index contributed by atoms with van der Waals surface area (Å²) in [6, 6.07) is 8.94. The van der Waals surface area contributed by atoms with E-state index in [-0.39, 0.29) is 0 Å². The molecule has 4 nitrogen and oxygen atoms in total. The monoisotopic (exact) mass is 446 g/mol. The Morgan fingerprint density at radius 1 is 0.903 bits per heavy atom. The van der Waals surface area contributed by atoms with E-state index in [0.717, 1.165) is 62.4 Å². The number of nitrogens with two attached hydrogens (primary N) is 1. The summed E-state index contributed by atoms with van der Waals surface area (Å²) in [5.41, 5.74) is 8.82. The summed E-state index contributed by atoms with van der Waals surface area (Å²) < 4.78 is 0. The summed E-state index contributed by atoms with van der Waals surface area (Å²) in [4.78, 5) is 9.59. The summed E-state index contributed by atoms with van der Waals surface area (Å²) >= 11 is 6.21. The van der Waals surface area contributed by atoms with Gasteiger partial charge in [-0.2, -0.15) is 0 Å². The highest BCUT2D eigenvalue weighted by Crippen LogP contribution is 2.32. The molecule has 0 saturated heterocycles. The van der Waals surface area contributed by atoms with Gasteiger partial charge in [-0.25, -0.2) is 0 Å². The Kier molecular flexibility index (Phi) is 11.8. The van der Waals surface area contributed by atoms with Crippen LogP contribution in [0.2, 0.25) is 5.02 Å². The van der Waals surface area contributed by atoms with E-state index in [2.05, 4.69) is 54.6 Å². The fourth-order valence-corrected chi connectivity index (χ4v) is 4.80. The average molecular weight is 447 g/mol. The molecule has 0 radical (unpaired) electrons. The van der Waals surface area contributed by atoms with Crippen LogP contribution in [0.3, 0.4) is 0 Å². The average Bonchev–Trinajstić information content (AvgIpc) is 2.78. The molecule has 2 atom stereocenters. The SMILES string of the molecule is CCN(CC)CCCCC(N)CCCC(c1ccnc2cc(Cl)ccc12)N(CC)CC. The van der Waals surface area contributed by atoms with Gasteiger partial charge in [0.2, 0.25) is 0 Å². The van der Waals surface area contributed by atoms with Gasteiger partial charge in [0.05, 0.1) is 5.52 Å². The maximum absolute atomic E-state index is 6.48. The van der Waals surface area contributed by atoms with Crippen LogP contribution in [-0.2, 0) is 0 Å². The molecule has 0 amide bonds. The number of benzene rings is 1. The number of rotatable bonds is 15. The van der Waals surface area contributed by atoms with Gasteiger partial charge >= 0.3 is 0 Å². The quantitative estimate of drug-likeness (QED) is 0.327. The highest BCUT2D eigenvalue weighted by molar-refractivity contribution is 6.31. The summed E-state index contributed by atoms with van der Waals surface area (Å²) in [7, 11) is 0. The van der Waals surface area contributed by atoms with Gasteiger partial charge in [-0.3, -0.25) is 9.88 Å². The number of fused-ring (bicyclic) bond motifs is 1. The lowest BCUT2D eigenvalue weighted by Gasteiger charge is -2.31. The van der Waals surface area contributed by atoms with E-state index in [0.29, 0.717) is 12.1 Å². The van der Waals surface area contributed by atoms with Crippen LogP contribution in [0.4, 0.5) is 0 Å². The molecule has 2 unspecified atom stereocenters. The lowest BCUT2D eigenvalue weighted by Crippen LogP contribution is -2.29. The molecule has 5 heteroatoms. The van der Waals surface area contributed by atoms with E-state index >= 15 is 0 Å². The molecule has 0 aliphatic rings. The zero-order valence-electron chi connectivity index (χ0n) is 20.1. The van der Waals surface area contributed by atoms with Gasteiger partial charge in [0, 0.05) is 28.7 Å². The van der Waals surface area contributed by atoms with Crippen molar-refractivity contribution in [3.05, 3.63) is 41.0 Å². The normalized spacial score (nSPS) is 13.9. The van der Waals surface area contributed by atoms with E-state index in [9.17, 15) is 0 Å². The number of unbranched alkanes of at least 4 members (excludes halogenated alkanes) is 1. The maximum atomic E-state index is 6.48. The Labute approximate surface area is 195 Å². The predicted octanol–water partition coefficient (Wildman–Crippen LogP) is 6.28. The van der Waals surface area contributed by atoms with Gasteiger partial charge in [-0.05, 0) is 82.2 Å². The van der Waals surface area contributed by atoms with Crippen LogP contribution in [0, 0.1) is 0 Å². The molecular formula is C26H43ClN4. The molecule has 174 valence electrons. The first-order valence-corrected chi connectivity index (χ1v) is 12.7. The highest BCUT2D eigenvalue weighted by Gasteiger charge is 2.20. The lowest BCUT2D eigenvalue weighted by molar-refractivity contribution is 0.204. The van der Waals surface area contributed by atoms with Crippen molar-refractivity contribution >= 4 is 22.5 Å².